The first kappa shape index (κ1) is 17.0. The van der Waals surface area contributed by atoms with E-state index in [9.17, 15) is 23.1 Å². The summed E-state index contributed by atoms with van der Waals surface area (Å²) < 4.78 is 38.2. The molecule has 7 heteroatoms. The van der Waals surface area contributed by atoms with Gasteiger partial charge in [0, 0.05) is 6.21 Å². The number of rotatable bonds is 4. The summed E-state index contributed by atoms with van der Waals surface area (Å²) in [6.45, 7) is 1.86. The topological polar surface area (TPSA) is 49.7 Å². The molecule has 3 nitrogen and oxygen atoms in total. The van der Waals surface area contributed by atoms with Crippen LogP contribution in [0, 0.1) is 6.92 Å². The Morgan fingerprint density at radius 1 is 1.22 bits per heavy atom. The molecule has 1 heterocycles. The lowest BCUT2D eigenvalue weighted by Crippen LogP contribution is -2.26. The number of halogens is 3. The zero-order valence-electron chi connectivity index (χ0n) is 12.0. The molecule has 2 aromatic rings. The fraction of sp³-hybridized carbons (Fsp3) is 0.125. The maximum atomic E-state index is 12.7. The van der Waals surface area contributed by atoms with Gasteiger partial charge in [0.25, 0.3) is 5.78 Å². The Kier molecular flexibility index (Phi) is 5.00. The summed E-state index contributed by atoms with van der Waals surface area (Å²) in [5.74, 6) is -2.88. The van der Waals surface area contributed by atoms with Crippen LogP contribution in [0.4, 0.5) is 18.9 Å². The van der Waals surface area contributed by atoms with Crippen molar-refractivity contribution >= 4 is 34.8 Å². The van der Waals surface area contributed by atoms with Crippen LogP contribution in [-0.4, -0.2) is 23.3 Å². The Morgan fingerprint density at radius 2 is 1.87 bits per heavy atom. The van der Waals surface area contributed by atoms with Gasteiger partial charge >= 0.3 is 6.18 Å². The van der Waals surface area contributed by atoms with Crippen molar-refractivity contribution in [3.63, 3.8) is 0 Å². The number of benzene rings is 1. The predicted octanol–water partition coefficient (Wildman–Crippen LogP) is 4.86. The number of thiophene rings is 1. The summed E-state index contributed by atoms with van der Waals surface area (Å²) in [5, 5.41) is 11.6. The maximum Gasteiger partial charge on any atom is 0.455 e. The third-order valence-corrected chi connectivity index (χ3v) is 3.77. The van der Waals surface area contributed by atoms with Gasteiger partial charge in [-0.3, -0.25) is 9.79 Å². The molecule has 0 aliphatic rings. The van der Waals surface area contributed by atoms with Crippen LogP contribution in [0.15, 0.2) is 52.3 Å². The van der Waals surface area contributed by atoms with E-state index >= 15 is 0 Å². The van der Waals surface area contributed by atoms with Gasteiger partial charge < -0.3 is 5.11 Å². The van der Waals surface area contributed by atoms with E-state index in [4.69, 9.17) is 0 Å². The van der Waals surface area contributed by atoms with Gasteiger partial charge in [-0.05, 0) is 30.5 Å². The van der Waals surface area contributed by atoms with Gasteiger partial charge in [0.05, 0.1) is 16.1 Å². The van der Waals surface area contributed by atoms with E-state index in [1.165, 1.54) is 6.07 Å². The number of hydrogen-bond donors (Lipinski definition) is 1. The SMILES string of the molecule is Cc1ccc(N=CC(C(=O)C(F)(F)F)=C(O)c2cccs2)cc1. The minimum atomic E-state index is -5.10. The fourth-order valence-electron chi connectivity index (χ4n) is 1.70. The molecule has 0 aliphatic carbocycles. The number of ketones is 1. The van der Waals surface area contributed by atoms with Crippen molar-refractivity contribution in [3.05, 3.63) is 57.8 Å². The van der Waals surface area contributed by atoms with Gasteiger partial charge in [0.15, 0.2) is 0 Å². The average Bonchev–Trinajstić information content (AvgIpc) is 3.02. The van der Waals surface area contributed by atoms with E-state index < -0.39 is 23.3 Å². The van der Waals surface area contributed by atoms with Gasteiger partial charge in [-0.25, -0.2) is 0 Å². The molecule has 1 N–H and O–H groups in total. The minimum absolute atomic E-state index is 0.160. The summed E-state index contributed by atoms with van der Waals surface area (Å²) >= 11 is 1.02. The van der Waals surface area contributed by atoms with Crippen molar-refractivity contribution in [2.75, 3.05) is 0 Å². The Labute approximate surface area is 134 Å². The highest BCUT2D eigenvalue weighted by atomic mass is 32.1. The molecule has 1 aromatic heterocycles. The van der Waals surface area contributed by atoms with Crippen LogP contribution >= 0.6 is 11.3 Å². The normalized spacial score (nSPS) is 13.2. The molecule has 0 saturated carbocycles. The second-order valence-corrected chi connectivity index (χ2v) is 5.61. The van der Waals surface area contributed by atoms with Gasteiger partial charge in [-0.15, -0.1) is 11.3 Å². The molecule has 0 saturated heterocycles. The second kappa shape index (κ2) is 6.78. The smallest absolute Gasteiger partial charge is 0.455 e. The Hall–Kier alpha value is -2.41. The number of allylic oxidation sites excluding steroid dienone is 1. The largest absolute Gasteiger partial charge is 0.506 e. The summed E-state index contributed by atoms with van der Waals surface area (Å²) in [7, 11) is 0. The van der Waals surface area contributed by atoms with Crippen LogP contribution < -0.4 is 0 Å². The lowest BCUT2D eigenvalue weighted by atomic mass is 10.1. The van der Waals surface area contributed by atoms with Crippen molar-refractivity contribution in [1.29, 1.82) is 0 Å². The monoisotopic (exact) mass is 339 g/mol. The van der Waals surface area contributed by atoms with Crippen LogP contribution in [0.2, 0.25) is 0 Å². The molecule has 1 aromatic carbocycles. The van der Waals surface area contributed by atoms with E-state index in [0.717, 1.165) is 23.1 Å². The highest BCUT2D eigenvalue weighted by molar-refractivity contribution is 7.11. The Morgan fingerprint density at radius 3 is 2.39 bits per heavy atom. The van der Waals surface area contributed by atoms with E-state index in [2.05, 4.69) is 4.99 Å². The molecular weight excluding hydrogens is 327 g/mol. The van der Waals surface area contributed by atoms with E-state index in [1.807, 2.05) is 6.92 Å². The van der Waals surface area contributed by atoms with Gasteiger partial charge in [-0.1, -0.05) is 23.8 Å². The first-order valence-corrected chi connectivity index (χ1v) is 7.36. The predicted molar refractivity (Wildman–Crippen MR) is 84.3 cm³/mol. The van der Waals surface area contributed by atoms with Crippen molar-refractivity contribution in [1.82, 2.24) is 0 Å². The second-order valence-electron chi connectivity index (χ2n) is 4.66. The zero-order valence-corrected chi connectivity index (χ0v) is 12.8. The van der Waals surface area contributed by atoms with Crippen LogP contribution in [-0.2, 0) is 4.79 Å². The number of carbonyl (C=O) groups is 1. The quantitative estimate of drug-likeness (QED) is 0.491. The molecule has 0 bridgehead atoms. The number of alkyl halides is 3. The number of aliphatic hydroxyl groups excluding tert-OH is 1. The van der Waals surface area contributed by atoms with Crippen LogP contribution in [0.3, 0.4) is 0 Å². The lowest BCUT2D eigenvalue weighted by Gasteiger charge is -2.08. The average molecular weight is 339 g/mol. The number of nitrogens with zero attached hydrogens (tertiary/aromatic N) is 1. The van der Waals surface area contributed by atoms with Crippen molar-refractivity contribution in [2.24, 2.45) is 4.99 Å². The van der Waals surface area contributed by atoms with Gasteiger partial charge in [-0.2, -0.15) is 13.2 Å². The number of aryl methyl sites for hydroxylation is 1. The van der Waals surface area contributed by atoms with Crippen molar-refractivity contribution < 1.29 is 23.1 Å². The molecule has 0 amide bonds. The number of hydrogen-bond acceptors (Lipinski definition) is 4. The molecule has 0 atom stereocenters. The molecule has 23 heavy (non-hydrogen) atoms. The number of aliphatic imine (C=N–C) groups is 1. The lowest BCUT2D eigenvalue weighted by molar-refractivity contribution is -0.165. The third-order valence-electron chi connectivity index (χ3n) is 2.89. The number of carbonyl (C=O) groups excluding carboxylic acids is 1. The van der Waals surface area contributed by atoms with Crippen molar-refractivity contribution in [2.45, 2.75) is 13.1 Å². The standard InChI is InChI=1S/C16H12F3NO2S/c1-10-4-6-11(7-5-10)20-9-12(15(22)16(17,18)19)14(21)13-3-2-8-23-13/h2-9,21H,1H3. The van der Waals surface area contributed by atoms with Crippen molar-refractivity contribution in [3.8, 4) is 0 Å². The van der Waals surface area contributed by atoms with E-state index in [1.54, 1.807) is 35.7 Å². The molecule has 0 radical (unpaired) electrons. The number of Topliss-reactive ketones (excluding diaryl/α,β-unsaturated/α-hetero) is 1. The highest BCUT2D eigenvalue weighted by Gasteiger charge is 2.41. The summed E-state index contributed by atoms with van der Waals surface area (Å²) in [5.41, 5.74) is 0.454. The zero-order chi connectivity index (χ0) is 17.0. The summed E-state index contributed by atoms with van der Waals surface area (Å²) in [6, 6.07) is 9.65. The molecular formula is C16H12F3NO2S. The van der Waals surface area contributed by atoms with Crippen LogP contribution in [0.5, 0.6) is 0 Å². The molecule has 0 unspecified atom stereocenters. The Balaban J connectivity index is 2.44. The van der Waals surface area contributed by atoms with Gasteiger partial charge in [0.2, 0.25) is 0 Å². The Bertz CT molecular complexity index is 745. The fourth-order valence-corrected chi connectivity index (χ4v) is 2.38. The van der Waals surface area contributed by atoms with E-state index in [0.29, 0.717) is 5.69 Å². The highest BCUT2D eigenvalue weighted by Crippen LogP contribution is 2.27. The van der Waals surface area contributed by atoms with Crippen LogP contribution in [0.1, 0.15) is 10.4 Å². The molecule has 0 spiro atoms. The first-order valence-electron chi connectivity index (χ1n) is 6.48. The van der Waals surface area contributed by atoms with E-state index in [-0.39, 0.29) is 4.88 Å². The molecule has 120 valence electrons. The van der Waals surface area contributed by atoms with Crippen LogP contribution in [0.25, 0.3) is 5.76 Å². The molecule has 0 fully saturated rings. The minimum Gasteiger partial charge on any atom is -0.506 e. The third kappa shape index (κ3) is 4.29. The first-order chi connectivity index (χ1) is 10.8. The maximum absolute atomic E-state index is 12.7. The summed E-state index contributed by atoms with van der Waals surface area (Å²) in [6.07, 6.45) is -4.35. The molecule has 0 aliphatic heterocycles. The summed E-state index contributed by atoms with van der Waals surface area (Å²) in [4.78, 5) is 15.6. The molecule has 2 rings (SSSR count). The number of aliphatic hydroxyl groups is 1. The van der Waals surface area contributed by atoms with Gasteiger partial charge in [0.1, 0.15) is 5.76 Å².